The van der Waals surface area contributed by atoms with Crippen molar-refractivity contribution in [2.24, 2.45) is 11.3 Å². The third-order valence-corrected chi connectivity index (χ3v) is 9.00. The summed E-state index contributed by atoms with van der Waals surface area (Å²) in [5.41, 5.74) is 20.4. The number of benzene rings is 4. The van der Waals surface area contributed by atoms with Gasteiger partial charge in [0.25, 0.3) is 0 Å². The average Bonchev–Trinajstić information content (AvgIpc) is 3.56. The van der Waals surface area contributed by atoms with E-state index in [2.05, 4.69) is 162 Å². The van der Waals surface area contributed by atoms with Crippen LogP contribution in [0.3, 0.4) is 0 Å². The van der Waals surface area contributed by atoms with Crippen molar-refractivity contribution in [3.8, 4) is 33.4 Å². The van der Waals surface area contributed by atoms with E-state index in [4.69, 9.17) is 0 Å². The second-order valence-corrected chi connectivity index (χ2v) is 17.4. The molecule has 0 radical (unpaired) electrons. The van der Waals surface area contributed by atoms with Crippen LogP contribution in [-0.2, 0) is 30.7 Å². The maximum absolute atomic E-state index is 3.78. The quantitative estimate of drug-likeness (QED) is 0.178. The van der Waals surface area contributed by atoms with Crippen molar-refractivity contribution in [1.29, 1.82) is 0 Å². The number of halogens is 2. The van der Waals surface area contributed by atoms with Crippen LogP contribution in [0.1, 0.15) is 98.9 Å². The zero-order valence-electron chi connectivity index (χ0n) is 31.8. The normalized spacial score (nSPS) is 13.8. The molecule has 0 saturated carbocycles. The van der Waals surface area contributed by atoms with E-state index in [-0.39, 0.29) is 24.8 Å². The molecule has 1 unspecified atom stereocenters. The van der Waals surface area contributed by atoms with Crippen LogP contribution < -0.4 is 24.8 Å². The Bertz CT molecular complexity index is 1690. The fourth-order valence-electron chi connectivity index (χ4n) is 7.12. The van der Waals surface area contributed by atoms with Gasteiger partial charge in [0.05, 0.1) is 0 Å². The summed E-state index contributed by atoms with van der Waals surface area (Å²) in [6, 6.07) is 24.5. The summed E-state index contributed by atoms with van der Waals surface area (Å²) in [6.07, 6.45) is 11.4. The van der Waals surface area contributed by atoms with Gasteiger partial charge in [-0.1, -0.05) is 133 Å². The fraction of sp³-hybridized carbons (Fsp3) is 0.370. The smallest absolute Gasteiger partial charge is 0.0125 e. The third-order valence-electron chi connectivity index (χ3n) is 9.00. The number of rotatable bonds is 4. The maximum Gasteiger partial charge on any atom is -0.0125 e. The first-order valence-corrected chi connectivity index (χ1v) is 18.5. The van der Waals surface area contributed by atoms with Gasteiger partial charge in [-0.2, -0.15) is 11.6 Å². The minimum absolute atomic E-state index is 0. The standard InChI is InChI=1S/C31H29.C12H19.C3H6.2ClH.Zr/c1-18-11-20(3)30(21(4)12-18)24-7-9-28-26(15-24)17-27-16-25(8-10-29(27)28)31-22(5)13-19(2)14-23(31)6;1-5-6-10-7-8-11(9-10)12(2,3)4;1-3-2;;;/h7-15H,17H2,1-6H3;8-10H,5-6H2,1-4H3;1-2H3;2*1H;/q2*-1;;;;+2/p-2. The first-order chi connectivity index (χ1) is 22.1. The van der Waals surface area contributed by atoms with Crippen LogP contribution in [0.5, 0.6) is 0 Å². The van der Waals surface area contributed by atoms with Gasteiger partial charge in [-0.3, -0.25) is 6.08 Å². The van der Waals surface area contributed by atoms with Gasteiger partial charge >= 0.3 is 41.3 Å². The molecule has 4 aromatic carbocycles. The van der Waals surface area contributed by atoms with E-state index in [1.807, 2.05) is 0 Å². The molecule has 0 saturated heterocycles. The van der Waals surface area contributed by atoms with Gasteiger partial charge < -0.3 is 24.8 Å². The van der Waals surface area contributed by atoms with Crippen molar-refractivity contribution in [2.75, 3.05) is 0 Å². The van der Waals surface area contributed by atoms with Crippen LogP contribution in [0.4, 0.5) is 0 Å². The molecule has 0 amide bonds. The minimum Gasteiger partial charge on any atom is -1.00 e. The molecule has 258 valence electrons. The summed E-state index contributed by atoms with van der Waals surface area (Å²) in [5, 5.41) is 0. The van der Waals surface area contributed by atoms with E-state index >= 15 is 0 Å². The monoisotopic (exact) mass is 766 g/mol. The number of hydrogen-bond donors (Lipinski definition) is 0. The summed E-state index contributed by atoms with van der Waals surface area (Å²) < 4.78 is 1.51. The van der Waals surface area contributed by atoms with Crippen LogP contribution >= 0.6 is 0 Å². The summed E-state index contributed by atoms with van der Waals surface area (Å²) in [6.45, 7) is 26.5. The zero-order chi connectivity index (χ0) is 34.6. The Kier molecular flexibility index (Phi) is 16.0. The molecular weight excluding hydrogens is 715 g/mol. The van der Waals surface area contributed by atoms with Crippen LogP contribution in [0.2, 0.25) is 0 Å². The predicted octanol–water partition coefficient (Wildman–Crippen LogP) is 6.74. The molecule has 2 aliphatic carbocycles. The molecule has 6 rings (SSSR count). The van der Waals surface area contributed by atoms with Crippen molar-refractivity contribution < 1.29 is 49.0 Å². The van der Waals surface area contributed by atoms with Crippen molar-refractivity contribution in [1.82, 2.24) is 0 Å². The average molecular weight is 769 g/mol. The van der Waals surface area contributed by atoms with Crippen LogP contribution in [-0.4, -0.2) is 3.21 Å². The summed E-state index contributed by atoms with van der Waals surface area (Å²) in [7, 11) is 0. The van der Waals surface area contributed by atoms with Crippen molar-refractivity contribution in [3.63, 3.8) is 0 Å². The Morgan fingerprint density at radius 3 is 1.76 bits per heavy atom. The summed E-state index contributed by atoms with van der Waals surface area (Å²) in [5.74, 6) is 0.587. The number of allylic oxidation sites excluding steroid dienone is 4. The largest absolute Gasteiger partial charge is 1.00 e. The SMILES string of the molecule is CCCC1[C-]=CC(C(C)(C)C)=C1.C[C](C)=[Zr+2].Cc1cc(C)c(-c2[c-]c3c(cc2)-c2ccc(-c4c(C)cc(C)cc4C)cc2C3)c(C)c1.[Cl-].[Cl-]. The number of fused-ring (bicyclic) bond motifs is 3. The van der Waals surface area contributed by atoms with Crippen molar-refractivity contribution in [3.05, 3.63) is 129 Å². The van der Waals surface area contributed by atoms with E-state index < -0.39 is 0 Å². The molecule has 0 fully saturated rings. The molecular formula is C46H54Cl2Zr-2. The van der Waals surface area contributed by atoms with Crippen LogP contribution in [0, 0.1) is 65.0 Å². The molecule has 3 heteroatoms. The van der Waals surface area contributed by atoms with Gasteiger partial charge in [0.2, 0.25) is 0 Å². The van der Waals surface area contributed by atoms with Gasteiger partial charge in [0, 0.05) is 0 Å². The molecule has 0 N–H and O–H groups in total. The molecule has 0 aromatic heterocycles. The van der Waals surface area contributed by atoms with Crippen LogP contribution in [0.15, 0.2) is 72.3 Å². The van der Waals surface area contributed by atoms with E-state index in [1.54, 1.807) is 24.2 Å². The Balaban J connectivity index is 0.000000389. The maximum atomic E-state index is 3.78. The first-order valence-electron chi connectivity index (χ1n) is 17.3. The van der Waals surface area contributed by atoms with Gasteiger partial charge in [-0.05, 0) is 75.8 Å². The van der Waals surface area contributed by atoms with E-state index in [0.29, 0.717) is 11.3 Å². The predicted molar refractivity (Wildman–Crippen MR) is 203 cm³/mol. The Labute approximate surface area is 326 Å². The van der Waals surface area contributed by atoms with Gasteiger partial charge in [-0.25, -0.2) is 6.08 Å². The summed E-state index contributed by atoms with van der Waals surface area (Å²) >= 11 is 1.55. The topological polar surface area (TPSA) is 0 Å². The first kappa shape index (κ1) is 42.9. The van der Waals surface area contributed by atoms with E-state index in [9.17, 15) is 0 Å². The Morgan fingerprint density at radius 2 is 1.27 bits per heavy atom. The molecule has 0 heterocycles. The summed E-state index contributed by atoms with van der Waals surface area (Å²) in [4.78, 5) is 0. The molecule has 0 spiro atoms. The molecule has 4 aromatic rings. The second kappa shape index (κ2) is 18.3. The number of aryl methyl sites for hydroxylation is 6. The zero-order valence-corrected chi connectivity index (χ0v) is 35.8. The van der Waals surface area contributed by atoms with E-state index in [0.717, 1.165) is 6.42 Å². The number of hydrogen-bond acceptors (Lipinski definition) is 0. The van der Waals surface area contributed by atoms with E-state index in [1.165, 1.54) is 99.5 Å². The minimum atomic E-state index is 0. The van der Waals surface area contributed by atoms with Crippen molar-refractivity contribution >= 4 is 3.21 Å². The van der Waals surface area contributed by atoms with Gasteiger partial charge in [-0.15, -0.1) is 29.3 Å². The van der Waals surface area contributed by atoms with Gasteiger partial charge in [0.15, 0.2) is 0 Å². The second-order valence-electron chi connectivity index (χ2n) is 14.9. The van der Waals surface area contributed by atoms with Gasteiger partial charge in [0.1, 0.15) is 0 Å². The molecule has 0 nitrogen and oxygen atoms in total. The van der Waals surface area contributed by atoms with Crippen molar-refractivity contribution in [2.45, 2.75) is 102 Å². The fourth-order valence-corrected chi connectivity index (χ4v) is 7.12. The molecule has 0 bridgehead atoms. The Hall–Kier alpha value is -2.31. The molecule has 49 heavy (non-hydrogen) atoms. The third kappa shape index (κ3) is 10.8. The molecule has 0 aliphatic heterocycles. The molecule has 2 aliphatic rings. The Morgan fingerprint density at radius 1 is 0.755 bits per heavy atom. The molecule has 1 atom stereocenters. The van der Waals surface area contributed by atoms with Crippen LogP contribution in [0.25, 0.3) is 33.4 Å².